The van der Waals surface area contributed by atoms with Gasteiger partial charge in [0.1, 0.15) is 0 Å². The van der Waals surface area contributed by atoms with E-state index in [9.17, 15) is 4.79 Å². The molecule has 2 heterocycles. The number of hydrogen-bond acceptors (Lipinski definition) is 4. The zero-order valence-corrected chi connectivity index (χ0v) is 21.3. The van der Waals surface area contributed by atoms with Gasteiger partial charge in [-0.3, -0.25) is 14.7 Å². The second kappa shape index (κ2) is 13.9. The lowest BCUT2D eigenvalue weighted by Crippen LogP contribution is -2.55. The molecule has 0 aromatic rings. The van der Waals surface area contributed by atoms with Crippen molar-refractivity contribution in [2.24, 2.45) is 16.8 Å². The molecular formula is C20H40IN5OS. The van der Waals surface area contributed by atoms with Crippen molar-refractivity contribution in [2.75, 3.05) is 71.4 Å². The Hall–Kier alpha value is -0.220. The SMILES string of the molecule is CN=C(NCCCCSC)N1CCN(CC(=O)N2CC(C)CC(C)C2)CC1.I. The van der Waals surface area contributed by atoms with Gasteiger partial charge in [-0.1, -0.05) is 13.8 Å². The van der Waals surface area contributed by atoms with Crippen LogP contribution in [0.5, 0.6) is 0 Å². The molecule has 1 amide bonds. The second-order valence-corrected chi connectivity index (χ2v) is 9.17. The quantitative estimate of drug-likeness (QED) is 0.240. The Bertz CT molecular complexity index is 475. The average molecular weight is 526 g/mol. The smallest absolute Gasteiger partial charge is 0.236 e. The van der Waals surface area contributed by atoms with Crippen LogP contribution in [-0.4, -0.2) is 98.0 Å². The van der Waals surface area contributed by atoms with E-state index in [0.29, 0.717) is 24.3 Å². The maximum atomic E-state index is 12.7. The Morgan fingerprint density at radius 2 is 1.71 bits per heavy atom. The molecule has 2 saturated heterocycles. The number of halogens is 1. The summed E-state index contributed by atoms with van der Waals surface area (Å²) >= 11 is 1.90. The molecule has 2 atom stereocenters. The average Bonchev–Trinajstić information content (AvgIpc) is 2.65. The van der Waals surface area contributed by atoms with Crippen molar-refractivity contribution >= 4 is 47.6 Å². The number of likely N-dealkylation sites (tertiary alicyclic amines) is 1. The fraction of sp³-hybridized carbons (Fsp3) is 0.900. The number of unbranched alkanes of at least 4 members (excludes halogenated alkanes) is 1. The van der Waals surface area contributed by atoms with Gasteiger partial charge in [-0.25, -0.2) is 0 Å². The second-order valence-electron chi connectivity index (χ2n) is 8.18. The molecule has 0 aliphatic carbocycles. The highest BCUT2D eigenvalue weighted by Crippen LogP contribution is 2.21. The molecular weight excluding hydrogens is 485 g/mol. The standard InChI is InChI=1S/C20H39N5OS.HI/c1-17-13-18(2)15-25(14-17)19(26)16-23-8-10-24(11-9-23)20(21-3)22-7-5-6-12-27-4;/h17-18H,5-16H2,1-4H3,(H,21,22);1H. The fourth-order valence-corrected chi connectivity index (χ4v) is 4.67. The Labute approximate surface area is 193 Å². The van der Waals surface area contributed by atoms with Gasteiger partial charge in [0.25, 0.3) is 0 Å². The van der Waals surface area contributed by atoms with E-state index in [-0.39, 0.29) is 24.0 Å². The summed E-state index contributed by atoms with van der Waals surface area (Å²) < 4.78 is 0. The molecule has 2 aliphatic heterocycles. The maximum absolute atomic E-state index is 12.7. The molecule has 164 valence electrons. The lowest BCUT2D eigenvalue weighted by Gasteiger charge is -2.39. The first kappa shape index (κ1) is 25.8. The molecule has 0 radical (unpaired) electrons. The topological polar surface area (TPSA) is 51.2 Å². The number of guanidine groups is 1. The summed E-state index contributed by atoms with van der Waals surface area (Å²) in [7, 11) is 1.86. The van der Waals surface area contributed by atoms with Crippen LogP contribution in [0.15, 0.2) is 4.99 Å². The van der Waals surface area contributed by atoms with Crippen molar-refractivity contribution in [3.05, 3.63) is 0 Å². The molecule has 6 nitrogen and oxygen atoms in total. The molecule has 0 aromatic carbocycles. The van der Waals surface area contributed by atoms with Crippen molar-refractivity contribution < 1.29 is 4.79 Å². The Balaban J connectivity index is 0.00000392. The molecule has 2 unspecified atom stereocenters. The molecule has 2 fully saturated rings. The van der Waals surface area contributed by atoms with E-state index in [0.717, 1.165) is 51.8 Å². The monoisotopic (exact) mass is 525 g/mol. The number of piperidine rings is 1. The van der Waals surface area contributed by atoms with E-state index in [2.05, 4.69) is 45.1 Å². The highest BCUT2D eigenvalue weighted by atomic mass is 127. The van der Waals surface area contributed by atoms with Gasteiger partial charge in [-0.05, 0) is 43.1 Å². The third-order valence-corrected chi connectivity index (χ3v) is 6.22. The van der Waals surface area contributed by atoms with Gasteiger partial charge in [-0.15, -0.1) is 24.0 Å². The largest absolute Gasteiger partial charge is 0.356 e. The number of nitrogens with one attached hydrogen (secondary N) is 1. The van der Waals surface area contributed by atoms with E-state index in [1.165, 1.54) is 25.0 Å². The van der Waals surface area contributed by atoms with Gasteiger partial charge in [0, 0.05) is 52.9 Å². The van der Waals surface area contributed by atoms with Crippen LogP contribution in [0.2, 0.25) is 0 Å². The molecule has 0 aromatic heterocycles. The molecule has 0 spiro atoms. The lowest BCUT2D eigenvalue weighted by molar-refractivity contribution is -0.135. The zero-order valence-electron chi connectivity index (χ0n) is 18.2. The Kier molecular flexibility index (Phi) is 12.8. The number of aliphatic imine (C=N–C) groups is 1. The number of carbonyl (C=O) groups is 1. The van der Waals surface area contributed by atoms with Gasteiger partial charge in [0.2, 0.25) is 5.91 Å². The first-order valence-electron chi connectivity index (χ1n) is 10.5. The van der Waals surface area contributed by atoms with Crippen LogP contribution in [0, 0.1) is 11.8 Å². The summed E-state index contributed by atoms with van der Waals surface area (Å²) in [5, 5.41) is 3.49. The minimum absolute atomic E-state index is 0. The van der Waals surface area contributed by atoms with Crippen LogP contribution < -0.4 is 5.32 Å². The highest BCUT2D eigenvalue weighted by molar-refractivity contribution is 14.0. The molecule has 2 rings (SSSR count). The highest BCUT2D eigenvalue weighted by Gasteiger charge is 2.27. The van der Waals surface area contributed by atoms with Crippen molar-refractivity contribution in [1.29, 1.82) is 0 Å². The summed E-state index contributed by atoms with van der Waals surface area (Å²) in [6.45, 7) is 11.6. The summed E-state index contributed by atoms with van der Waals surface area (Å²) in [6, 6.07) is 0. The number of rotatable bonds is 7. The molecule has 8 heteroatoms. The minimum atomic E-state index is 0. The molecule has 0 bridgehead atoms. The molecule has 28 heavy (non-hydrogen) atoms. The number of nitrogens with zero attached hydrogens (tertiary/aromatic N) is 4. The van der Waals surface area contributed by atoms with Crippen LogP contribution in [0.25, 0.3) is 0 Å². The number of piperazine rings is 1. The third-order valence-electron chi connectivity index (χ3n) is 5.52. The molecule has 1 N–H and O–H groups in total. The van der Waals surface area contributed by atoms with Crippen LogP contribution in [0.1, 0.15) is 33.1 Å². The normalized spacial score (nSPS) is 24.1. The lowest BCUT2D eigenvalue weighted by atomic mass is 9.92. The Morgan fingerprint density at radius 3 is 2.29 bits per heavy atom. The van der Waals surface area contributed by atoms with Crippen LogP contribution in [0.4, 0.5) is 0 Å². The minimum Gasteiger partial charge on any atom is -0.356 e. The Morgan fingerprint density at radius 1 is 1.07 bits per heavy atom. The first-order valence-corrected chi connectivity index (χ1v) is 11.9. The maximum Gasteiger partial charge on any atom is 0.236 e. The molecule has 2 aliphatic rings. The summed E-state index contributed by atoms with van der Waals surface area (Å²) in [4.78, 5) is 23.8. The predicted molar refractivity (Wildman–Crippen MR) is 132 cm³/mol. The predicted octanol–water partition coefficient (Wildman–Crippen LogP) is 2.45. The van der Waals surface area contributed by atoms with Gasteiger partial charge >= 0.3 is 0 Å². The van der Waals surface area contributed by atoms with E-state index in [1.807, 2.05) is 18.8 Å². The number of amides is 1. The van der Waals surface area contributed by atoms with Crippen molar-refractivity contribution in [3.63, 3.8) is 0 Å². The summed E-state index contributed by atoms with van der Waals surface area (Å²) in [6.07, 6.45) is 5.82. The third kappa shape index (κ3) is 8.65. The van der Waals surface area contributed by atoms with Crippen LogP contribution >= 0.6 is 35.7 Å². The van der Waals surface area contributed by atoms with Gasteiger partial charge in [0.15, 0.2) is 5.96 Å². The van der Waals surface area contributed by atoms with Gasteiger partial charge in [-0.2, -0.15) is 11.8 Å². The van der Waals surface area contributed by atoms with Crippen LogP contribution in [0.3, 0.4) is 0 Å². The van der Waals surface area contributed by atoms with E-state index in [4.69, 9.17) is 0 Å². The van der Waals surface area contributed by atoms with Crippen molar-refractivity contribution in [2.45, 2.75) is 33.1 Å². The van der Waals surface area contributed by atoms with E-state index in [1.54, 1.807) is 0 Å². The fourth-order valence-electron chi connectivity index (χ4n) is 4.18. The summed E-state index contributed by atoms with van der Waals surface area (Å²) in [5.41, 5.74) is 0. The number of carbonyl (C=O) groups excluding carboxylic acids is 1. The molecule has 0 saturated carbocycles. The number of thioether (sulfide) groups is 1. The van der Waals surface area contributed by atoms with Gasteiger partial charge in [0.05, 0.1) is 6.54 Å². The number of hydrogen-bond donors (Lipinski definition) is 1. The van der Waals surface area contributed by atoms with Crippen LogP contribution in [-0.2, 0) is 4.79 Å². The zero-order chi connectivity index (χ0) is 19.6. The van der Waals surface area contributed by atoms with Gasteiger partial charge < -0.3 is 15.1 Å². The van der Waals surface area contributed by atoms with Crippen molar-refractivity contribution in [1.82, 2.24) is 20.0 Å². The first-order chi connectivity index (χ1) is 13.0. The van der Waals surface area contributed by atoms with E-state index >= 15 is 0 Å². The van der Waals surface area contributed by atoms with E-state index < -0.39 is 0 Å². The van der Waals surface area contributed by atoms with Crippen molar-refractivity contribution in [3.8, 4) is 0 Å². The summed E-state index contributed by atoms with van der Waals surface area (Å²) in [5.74, 6) is 3.78.